The molecular formula is C14H19ClN4O. The molecule has 1 saturated carbocycles. The third kappa shape index (κ3) is 2.13. The third-order valence-electron chi connectivity index (χ3n) is 4.81. The summed E-state index contributed by atoms with van der Waals surface area (Å²) in [6, 6.07) is 0. The van der Waals surface area contributed by atoms with Gasteiger partial charge >= 0.3 is 0 Å². The van der Waals surface area contributed by atoms with Crippen LogP contribution in [0, 0.1) is 17.8 Å². The van der Waals surface area contributed by atoms with Crippen LogP contribution in [0.5, 0.6) is 0 Å². The Bertz CT molecular complexity index is 571. The van der Waals surface area contributed by atoms with Crippen molar-refractivity contribution < 1.29 is 0 Å². The van der Waals surface area contributed by atoms with Crippen LogP contribution in [0.3, 0.4) is 0 Å². The number of halogens is 1. The molecule has 0 amide bonds. The van der Waals surface area contributed by atoms with Crippen molar-refractivity contribution in [3.63, 3.8) is 0 Å². The van der Waals surface area contributed by atoms with Gasteiger partial charge in [0.05, 0.1) is 11.2 Å². The van der Waals surface area contributed by atoms with Gasteiger partial charge in [0.25, 0.3) is 5.56 Å². The summed E-state index contributed by atoms with van der Waals surface area (Å²) in [6.45, 7) is 4.71. The van der Waals surface area contributed by atoms with Gasteiger partial charge in [0.15, 0.2) is 0 Å². The molecule has 2 aliphatic heterocycles. The quantitative estimate of drug-likeness (QED) is 0.902. The lowest BCUT2D eigenvalue weighted by molar-refractivity contribution is 0.532. The Kier molecular flexibility index (Phi) is 3.00. The minimum absolute atomic E-state index is 0.0164. The summed E-state index contributed by atoms with van der Waals surface area (Å²) >= 11 is 6.26. The molecule has 108 valence electrons. The van der Waals surface area contributed by atoms with Gasteiger partial charge in [-0.3, -0.25) is 4.79 Å². The topological polar surface area (TPSA) is 50.2 Å². The highest BCUT2D eigenvalue weighted by molar-refractivity contribution is 6.33. The van der Waals surface area contributed by atoms with Gasteiger partial charge in [0.1, 0.15) is 5.69 Å². The van der Waals surface area contributed by atoms with Gasteiger partial charge < -0.3 is 10.2 Å². The first kappa shape index (κ1) is 12.7. The monoisotopic (exact) mass is 294 g/mol. The smallest absolute Gasteiger partial charge is 0.291 e. The van der Waals surface area contributed by atoms with Crippen molar-refractivity contribution in [2.45, 2.75) is 19.4 Å². The van der Waals surface area contributed by atoms with Gasteiger partial charge in [-0.1, -0.05) is 11.6 Å². The summed E-state index contributed by atoms with van der Waals surface area (Å²) < 4.78 is 1.60. The van der Waals surface area contributed by atoms with Crippen molar-refractivity contribution in [2.75, 3.05) is 31.1 Å². The molecule has 1 aliphatic carbocycles. The lowest BCUT2D eigenvalue weighted by Gasteiger charge is -2.20. The van der Waals surface area contributed by atoms with E-state index in [4.69, 9.17) is 11.6 Å². The summed E-state index contributed by atoms with van der Waals surface area (Å²) in [5.74, 6) is 1.93. The van der Waals surface area contributed by atoms with Crippen LogP contribution in [0.25, 0.3) is 0 Å². The van der Waals surface area contributed by atoms with Gasteiger partial charge in [0.2, 0.25) is 0 Å². The zero-order chi connectivity index (χ0) is 13.7. The van der Waals surface area contributed by atoms with Crippen LogP contribution in [0.15, 0.2) is 11.0 Å². The summed E-state index contributed by atoms with van der Waals surface area (Å²) in [5, 5.41) is 8.11. The van der Waals surface area contributed by atoms with Crippen LogP contribution >= 0.6 is 11.6 Å². The fourth-order valence-electron chi connectivity index (χ4n) is 3.46. The highest BCUT2D eigenvalue weighted by atomic mass is 35.5. The maximum atomic E-state index is 12.6. The molecule has 0 bridgehead atoms. The normalized spacial score (nSPS) is 28.9. The average molecular weight is 295 g/mol. The van der Waals surface area contributed by atoms with E-state index in [0.29, 0.717) is 28.5 Å². The van der Waals surface area contributed by atoms with Crippen molar-refractivity contribution in [3.05, 3.63) is 21.6 Å². The molecule has 2 unspecified atom stereocenters. The summed E-state index contributed by atoms with van der Waals surface area (Å²) in [7, 11) is 0. The number of nitrogens with zero attached hydrogens (tertiary/aromatic N) is 3. The van der Waals surface area contributed by atoms with Crippen LogP contribution < -0.4 is 15.8 Å². The highest BCUT2D eigenvalue weighted by Gasteiger charge is 2.38. The molecule has 3 heterocycles. The van der Waals surface area contributed by atoms with E-state index in [2.05, 4.69) is 15.3 Å². The van der Waals surface area contributed by atoms with Gasteiger partial charge in [-0.15, -0.1) is 0 Å². The molecule has 0 spiro atoms. The Labute approximate surface area is 122 Å². The van der Waals surface area contributed by atoms with Crippen molar-refractivity contribution >= 4 is 17.3 Å². The third-order valence-corrected chi connectivity index (χ3v) is 5.08. The first-order valence-corrected chi connectivity index (χ1v) is 7.81. The van der Waals surface area contributed by atoms with Crippen LogP contribution in [0.4, 0.5) is 5.69 Å². The molecule has 4 rings (SSSR count). The lowest BCUT2D eigenvalue weighted by atomic mass is 10.0. The van der Waals surface area contributed by atoms with E-state index in [1.165, 1.54) is 12.8 Å². The molecule has 6 heteroatoms. The van der Waals surface area contributed by atoms with Crippen molar-refractivity contribution in [2.24, 2.45) is 17.8 Å². The molecular weight excluding hydrogens is 276 g/mol. The minimum atomic E-state index is -0.0164. The van der Waals surface area contributed by atoms with Crippen LogP contribution in [0.2, 0.25) is 5.02 Å². The highest BCUT2D eigenvalue weighted by Crippen LogP contribution is 2.33. The van der Waals surface area contributed by atoms with E-state index < -0.39 is 0 Å². The first-order valence-electron chi connectivity index (χ1n) is 7.43. The largest absolute Gasteiger partial charge is 0.365 e. The number of hydrogen-bond donors (Lipinski definition) is 1. The number of hydrogen-bond acceptors (Lipinski definition) is 4. The van der Waals surface area contributed by atoms with Crippen LogP contribution in [-0.4, -0.2) is 36.0 Å². The second-order valence-corrected chi connectivity index (χ2v) is 6.76. The molecule has 2 atom stereocenters. The SMILES string of the molecule is O=c1c(N2CC3CNCC3C2)c(Cl)cnn1CC1CC1. The molecule has 20 heavy (non-hydrogen) atoms. The zero-order valence-electron chi connectivity index (χ0n) is 11.4. The van der Waals surface area contributed by atoms with E-state index >= 15 is 0 Å². The van der Waals surface area contributed by atoms with Crippen LogP contribution in [-0.2, 0) is 6.54 Å². The predicted molar refractivity (Wildman–Crippen MR) is 78.3 cm³/mol. The number of aromatic nitrogens is 2. The number of fused-ring (bicyclic) bond motifs is 1. The lowest BCUT2D eigenvalue weighted by Crippen LogP contribution is -2.34. The molecule has 0 aromatic carbocycles. The van der Waals surface area contributed by atoms with E-state index in [0.717, 1.165) is 32.7 Å². The first-order chi connectivity index (χ1) is 9.72. The Morgan fingerprint density at radius 1 is 1.30 bits per heavy atom. The Morgan fingerprint density at radius 3 is 2.65 bits per heavy atom. The number of rotatable bonds is 3. The molecule has 1 N–H and O–H groups in total. The second kappa shape index (κ2) is 4.74. The van der Waals surface area contributed by atoms with Gasteiger partial charge in [-0.25, -0.2) is 4.68 Å². The summed E-state index contributed by atoms with van der Waals surface area (Å²) in [4.78, 5) is 14.8. The Hall–Kier alpha value is -1.07. The molecule has 5 nitrogen and oxygen atoms in total. The maximum absolute atomic E-state index is 12.6. The summed E-state index contributed by atoms with van der Waals surface area (Å²) in [5.41, 5.74) is 0.647. The molecule has 1 aromatic heterocycles. The molecule has 3 aliphatic rings. The van der Waals surface area contributed by atoms with Gasteiger partial charge in [-0.05, 0) is 30.6 Å². The Balaban J connectivity index is 1.64. The summed E-state index contributed by atoms with van der Waals surface area (Å²) in [6.07, 6.45) is 4.06. The molecule has 2 saturated heterocycles. The van der Waals surface area contributed by atoms with Crippen LogP contribution in [0.1, 0.15) is 12.8 Å². The Morgan fingerprint density at radius 2 is 2.00 bits per heavy atom. The van der Waals surface area contributed by atoms with Crippen molar-refractivity contribution in [3.8, 4) is 0 Å². The van der Waals surface area contributed by atoms with Gasteiger partial charge in [0, 0.05) is 32.7 Å². The minimum Gasteiger partial charge on any atom is -0.365 e. The maximum Gasteiger partial charge on any atom is 0.291 e. The van der Waals surface area contributed by atoms with Crippen molar-refractivity contribution in [1.29, 1.82) is 0 Å². The predicted octanol–water partition coefficient (Wildman–Crippen LogP) is 0.962. The average Bonchev–Trinajstić information content (AvgIpc) is 2.97. The second-order valence-electron chi connectivity index (χ2n) is 6.36. The van der Waals surface area contributed by atoms with E-state index in [-0.39, 0.29) is 5.56 Å². The van der Waals surface area contributed by atoms with E-state index in [9.17, 15) is 4.79 Å². The van der Waals surface area contributed by atoms with Gasteiger partial charge in [-0.2, -0.15) is 5.10 Å². The molecule has 3 fully saturated rings. The number of nitrogens with one attached hydrogen (secondary N) is 1. The fourth-order valence-corrected chi connectivity index (χ4v) is 3.70. The van der Waals surface area contributed by atoms with E-state index in [1.54, 1.807) is 10.9 Å². The number of anilines is 1. The molecule has 0 radical (unpaired) electrons. The van der Waals surface area contributed by atoms with Crippen molar-refractivity contribution in [1.82, 2.24) is 15.1 Å². The zero-order valence-corrected chi connectivity index (χ0v) is 12.1. The standard InChI is InChI=1S/C14H19ClN4O/c15-12-5-17-19(6-9-1-2-9)14(20)13(12)18-7-10-3-16-4-11(10)8-18/h5,9-11,16H,1-4,6-8H2. The fraction of sp³-hybridized carbons (Fsp3) is 0.714. The van der Waals surface area contributed by atoms with E-state index in [1.807, 2.05) is 0 Å². The molecule has 1 aromatic rings.